The standard InChI is InChI=1S/C14H9F2N3O/c15-9-3-6-12(16)11(7-9)14-18-13(19-20-14)8-1-4-10(17)5-2-8/h1-7H,17H2. The summed E-state index contributed by atoms with van der Waals surface area (Å²) in [5.74, 6) is -0.995. The van der Waals surface area contributed by atoms with Crippen LogP contribution < -0.4 is 5.73 Å². The Morgan fingerprint density at radius 1 is 1.00 bits per heavy atom. The number of nitrogens with two attached hydrogens (primary N) is 1. The van der Waals surface area contributed by atoms with E-state index in [1.807, 2.05) is 0 Å². The van der Waals surface area contributed by atoms with Crippen molar-refractivity contribution in [1.29, 1.82) is 0 Å². The van der Waals surface area contributed by atoms with Crippen molar-refractivity contribution in [3.05, 3.63) is 54.1 Å². The maximum Gasteiger partial charge on any atom is 0.261 e. The van der Waals surface area contributed by atoms with Crippen LogP contribution in [-0.2, 0) is 0 Å². The lowest BCUT2D eigenvalue weighted by molar-refractivity contribution is 0.429. The topological polar surface area (TPSA) is 64.9 Å². The Morgan fingerprint density at radius 2 is 1.75 bits per heavy atom. The van der Waals surface area contributed by atoms with Gasteiger partial charge in [0.25, 0.3) is 5.89 Å². The van der Waals surface area contributed by atoms with Crippen molar-refractivity contribution in [2.75, 3.05) is 5.73 Å². The van der Waals surface area contributed by atoms with Gasteiger partial charge in [0, 0.05) is 11.3 Å². The summed E-state index contributed by atoms with van der Waals surface area (Å²) in [7, 11) is 0. The van der Waals surface area contributed by atoms with Gasteiger partial charge < -0.3 is 10.3 Å². The molecule has 20 heavy (non-hydrogen) atoms. The van der Waals surface area contributed by atoms with Crippen molar-refractivity contribution in [3.63, 3.8) is 0 Å². The Morgan fingerprint density at radius 3 is 2.50 bits per heavy atom. The number of hydrogen-bond acceptors (Lipinski definition) is 4. The van der Waals surface area contributed by atoms with Gasteiger partial charge in [0.05, 0.1) is 5.56 Å². The van der Waals surface area contributed by atoms with Crippen LogP contribution in [0.15, 0.2) is 47.0 Å². The van der Waals surface area contributed by atoms with E-state index in [-0.39, 0.29) is 17.3 Å². The highest BCUT2D eigenvalue weighted by Gasteiger charge is 2.15. The second-order valence-electron chi connectivity index (χ2n) is 4.17. The molecule has 2 aromatic carbocycles. The van der Waals surface area contributed by atoms with Gasteiger partial charge in [-0.05, 0) is 42.5 Å². The molecule has 0 fully saturated rings. The van der Waals surface area contributed by atoms with Gasteiger partial charge in [0.1, 0.15) is 11.6 Å². The summed E-state index contributed by atoms with van der Waals surface area (Å²) in [6.07, 6.45) is 0. The summed E-state index contributed by atoms with van der Waals surface area (Å²) in [6.45, 7) is 0. The van der Waals surface area contributed by atoms with E-state index in [0.717, 1.165) is 18.2 Å². The molecule has 1 aromatic heterocycles. The number of halogens is 2. The zero-order valence-electron chi connectivity index (χ0n) is 10.2. The van der Waals surface area contributed by atoms with Gasteiger partial charge in [-0.25, -0.2) is 8.78 Å². The molecule has 0 aliphatic rings. The van der Waals surface area contributed by atoms with E-state index < -0.39 is 11.6 Å². The van der Waals surface area contributed by atoms with Crippen molar-refractivity contribution in [2.24, 2.45) is 0 Å². The molecule has 0 aliphatic carbocycles. The van der Waals surface area contributed by atoms with Crippen LogP contribution in [0.4, 0.5) is 14.5 Å². The average molecular weight is 273 g/mol. The Kier molecular flexibility index (Phi) is 2.90. The molecule has 0 spiro atoms. The Hall–Kier alpha value is -2.76. The van der Waals surface area contributed by atoms with Crippen molar-refractivity contribution in [3.8, 4) is 22.8 Å². The van der Waals surface area contributed by atoms with Crippen LogP contribution in [-0.4, -0.2) is 10.1 Å². The Labute approximate surface area is 112 Å². The molecule has 4 nitrogen and oxygen atoms in total. The van der Waals surface area contributed by atoms with E-state index in [0.29, 0.717) is 11.3 Å². The zero-order valence-corrected chi connectivity index (χ0v) is 10.2. The molecule has 6 heteroatoms. The molecule has 3 rings (SSSR count). The van der Waals surface area contributed by atoms with E-state index in [2.05, 4.69) is 10.1 Å². The van der Waals surface area contributed by atoms with E-state index in [9.17, 15) is 8.78 Å². The fourth-order valence-electron chi connectivity index (χ4n) is 1.74. The molecular formula is C14H9F2N3O. The quantitative estimate of drug-likeness (QED) is 0.728. The number of nitrogen functional groups attached to an aromatic ring is 1. The lowest BCUT2D eigenvalue weighted by Crippen LogP contribution is -1.87. The lowest BCUT2D eigenvalue weighted by Gasteiger charge is -1.97. The first-order valence-electron chi connectivity index (χ1n) is 5.78. The van der Waals surface area contributed by atoms with Crippen molar-refractivity contribution in [1.82, 2.24) is 10.1 Å². The van der Waals surface area contributed by atoms with Crippen molar-refractivity contribution >= 4 is 5.69 Å². The Balaban J connectivity index is 2.01. The van der Waals surface area contributed by atoms with Crippen LogP contribution in [0.1, 0.15) is 0 Å². The van der Waals surface area contributed by atoms with Gasteiger partial charge in [-0.2, -0.15) is 4.98 Å². The molecular weight excluding hydrogens is 264 g/mol. The summed E-state index contributed by atoms with van der Waals surface area (Å²) in [4.78, 5) is 4.06. The maximum atomic E-state index is 13.6. The summed E-state index contributed by atoms with van der Waals surface area (Å²) >= 11 is 0. The van der Waals surface area contributed by atoms with Gasteiger partial charge in [-0.3, -0.25) is 0 Å². The monoisotopic (exact) mass is 273 g/mol. The average Bonchev–Trinajstić information content (AvgIpc) is 2.92. The fourth-order valence-corrected chi connectivity index (χ4v) is 1.74. The molecule has 100 valence electrons. The van der Waals surface area contributed by atoms with Crippen molar-refractivity contribution in [2.45, 2.75) is 0 Å². The smallest absolute Gasteiger partial charge is 0.261 e. The minimum absolute atomic E-state index is 0.0702. The summed E-state index contributed by atoms with van der Waals surface area (Å²) < 4.78 is 31.7. The molecule has 0 unspecified atom stereocenters. The maximum absolute atomic E-state index is 13.6. The molecule has 0 atom stereocenters. The second kappa shape index (κ2) is 4.73. The van der Waals surface area contributed by atoms with Gasteiger partial charge in [-0.15, -0.1) is 0 Å². The second-order valence-corrected chi connectivity index (χ2v) is 4.17. The zero-order chi connectivity index (χ0) is 14.1. The van der Waals surface area contributed by atoms with E-state index in [1.165, 1.54) is 0 Å². The fraction of sp³-hybridized carbons (Fsp3) is 0. The first kappa shape index (κ1) is 12.3. The molecule has 2 N–H and O–H groups in total. The third kappa shape index (κ3) is 2.23. The number of nitrogens with zero attached hydrogens (tertiary/aromatic N) is 2. The van der Waals surface area contributed by atoms with Crippen LogP contribution in [0, 0.1) is 11.6 Å². The normalized spacial score (nSPS) is 10.7. The van der Waals surface area contributed by atoms with E-state index in [4.69, 9.17) is 10.3 Å². The van der Waals surface area contributed by atoms with Crippen molar-refractivity contribution < 1.29 is 13.3 Å². The highest BCUT2D eigenvalue weighted by Crippen LogP contribution is 2.25. The van der Waals surface area contributed by atoms with Crippen LogP contribution in [0.3, 0.4) is 0 Å². The lowest BCUT2D eigenvalue weighted by atomic mass is 10.2. The first-order valence-corrected chi connectivity index (χ1v) is 5.78. The summed E-state index contributed by atoms with van der Waals surface area (Å²) in [5, 5.41) is 3.75. The minimum atomic E-state index is -0.626. The molecule has 0 radical (unpaired) electrons. The molecule has 0 saturated heterocycles. The molecule has 0 bridgehead atoms. The van der Waals surface area contributed by atoms with Gasteiger partial charge in [0.15, 0.2) is 0 Å². The predicted octanol–water partition coefficient (Wildman–Crippen LogP) is 3.26. The van der Waals surface area contributed by atoms with Gasteiger partial charge in [-0.1, -0.05) is 5.16 Å². The van der Waals surface area contributed by atoms with Gasteiger partial charge in [0.2, 0.25) is 5.82 Å². The van der Waals surface area contributed by atoms with Crippen LogP contribution in [0.5, 0.6) is 0 Å². The number of anilines is 1. The Bertz CT molecular complexity index is 753. The summed E-state index contributed by atoms with van der Waals surface area (Å²) in [5.41, 5.74) is 6.79. The molecule has 0 aliphatic heterocycles. The molecule has 0 amide bonds. The minimum Gasteiger partial charge on any atom is -0.399 e. The number of hydrogen-bond donors (Lipinski definition) is 1. The first-order chi connectivity index (χ1) is 9.63. The highest BCUT2D eigenvalue weighted by atomic mass is 19.1. The number of aromatic nitrogens is 2. The van der Waals surface area contributed by atoms with E-state index >= 15 is 0 Å². The number of benzene rings is 2. The highest BCUT2D eigenvalue weighted by molar-refractivity contribution is 5.61. The number of rotatable bonds is 2. The van der Waals surface area contributed by atoms with Gasteiger partial charge >= 0.3 is 0 Å². The molecule has 1 heterocycles. The summed E-state index contributed by atoms with van der Waals surface area (Å²) in [6, 6.07) is 9.85. The predicted molar refractivity (Wildman–Crippen MR) is 69.5 cm³/mol. The molecule has 0 saturated carbocycles. The third-order valence-corrected chi connectivity index (χ3v) is 2.75. The largest absolute Gasteiger partial charge is 0.399 e. The van der Waals surface area contributed by atoms with Crippen LogP contribution >= 0.6 is 0 Å². The van der Waals surface area contributed by atoms with Crippen LogP contribution in [0.2, 0.25) is 0 Å². The van der Waals surface area contributed by atoms with E-state index in [1.54, 1.807) is 24.3 Å². The molecule has 3 aromatic rings. The van der Waals surface area contributed by atoms with Crippen LogP contribution in [0.25, 0.3) is 22.8 Å². The third-order valence-electron chi connectivity index (χ3n) is 2.75. The SMILES string of the molecule is Nc1ccc(-c2noc(-c3cc(F)ccc3F)n2)cc1.